The molecule has 1 N–H and O–H groups in total. The Balaban J connectivity index is 1.08. The molecule has 2 aliphatic carbocycles. The molecule has 2 bridgehead atoms. The normalized spacial score (nSPS) is 21.3. The van der Waals surface area contributed by atoms with Crippen LogP contribution in [0.2, 0.25) is 0 Å². The predicted molar refractivity (Wildman–Crippen MR) is 166 cm³/mol. The third kappa shape index (κ3) is 6.13. The lowest BCUT2D eigenvalue weighted by atomic mass is 9.85. The molecular formula is C35H34N4O6. The number of nitrogens with zero attached hydrogens (tertiary/aromatic N) is 3. The summed E-state index contributed by atoms with van der Waals surface area (Å²) in [5, 5.41) is 14.9. The summed E-state index contributed by atoms with van der Waals surface area (Å²) < 4.78 is 17.1. The maximum Gasteiger partial charge on any atom is 0.258 e. The minimum Gasteiger partial charge on any atom is -0.491 e. The molecule has 2 amide bonds. The number of amides is 2. The Morgan fingerprint density at radius 2 is 1.84 bits per heavy atom. The van der Waals surface area contributed by atoms with E-state index in [9.17, 15) is 14.9 Å². The second-order valence-electron chi connectivity index (χ2n) is 11.3. The Labute approximate surface area is 261 Å². The van der Waals surface area contributed by atoms with Crippen molar-refractivity contribution in [2.75, 3.05) is 45.5 Å². The number of fused-ring (bicyclic) bond motifs is 6. The van der Waals surface area contributed by atoms with E-state index >= 15 is 0 Å². The number of aromatic nitrogens is 1. The van der Waals surface area contributed by atoms with E-state index in [1.54, 1.807) is 13.3 Å². The van der Waals surface area contributed by atoms with Crippen LogP contribution >= 0.6 is 0 Å². The Hall–Kier alpha value is -4.74. The van der Waals surface area contributed by atoms with Crippen LogP contribution in [0, 0.1) is 47.3 Å². The summed E-state index contributed by atoms with van der Waals surface area (Å²) in [7, 11) is 1.61. The Morgan fingerprint density at radius 1 is 1.04 bits per heavy atom. The molecule has 1 saturated heterocycles. The van der Waals surface area contributed by atoms with Gasteiger partial charge in [-0.25, -0.2) is 0 Å². The van der Waals surface area contributed by atoms with E-state index in [4.69, 9.17) is 25.5 Å². The molecule has 1 saturated carbocycles. The molecule has 10 nitrogen and oxygen atoms in total. The largest absolute Gasteiger partial charge is 0.491 e. The van der Waals surface area contributed by atoms with Gasteiger partial charge in [-0.05, 0) is 67.0 Å². The van der Waals surface area contributed by atoms with Crippen molar-refractivity contribution in [3.63, 3.8) is 0 Å². The molecule has 10 heteroatoms. The highest BCUT2D eigenvalue weighted by Gasteiger charge is 2.60. The van der Waals surface area contributed by atoms with Crippen molar-refractivity contribution in [2.45, 2.75) is 19.3 Å². The monoisotopic (exact) mass is 606 g/mol. The maximum absolute atomic E-state index is 12.8. The van der Waals surface area contributed by atoms with E-state index in [2.05, 4.69) is 34.4 Å². The second-order valence-corrected chi connectivity index (χ2v) is 11.3. The fourth-order valence-electron chi connectivity index (χ4n) is 6.53. The van der Waals surface area contributed by atoms with Gasteiger partial charge in [0, 0.05) is 36.6 Å². The predicted octanol–water partition coefficient (Wildman–Crippen LogP) is 4.54. The van der Waals surface area contributed by atoms with Gasteiger partial charge in [0.05, 0.1) is 48.4 Å². The fraction of sp³-hybridized carbons (Fsp3) is 0.371. The zero-order valence-electron chi connectivity index (χ0n) is 25.0. The van der Waals surface area contributed by atoms with Gasteiger partial charge in [-0.2, -0.15) is 10.3 Å². The topological polar surface area (TPSA) is 123 Å². The Morgan fingerprint density at radius 3 is 2.58 bits per heavy atom. The molecule has 4 unspecified atom stereocenters. The first-order valence-corrected chi connectivity index (χ1v) is 15.1. The number of carbonyl (C=O) groups is 2. The number of hydrogen-bond donors (Lipinski definition) is 1. The molecule has 1 aliphatic heterocycles. The lowest BCUT2D eigenvalue weighted by Gasteiger charge is -2.17. The highest BCUT2D eigenvalue weighted by molar-refractivity contribution is 6.05. The standard InChI is InChI=1S/C35H34N4O6/c1-3-22-6-4-8-27(16-22)38-33-26(20-36)21-37-29-18-23(30(19-28(29)33)44-14-12-42-2)7-5-11-43-13-15-45-39-34(40)31-24-9-10-25(17-24)32(31)35(39)41/h1,4,6,8-10,16,18-19,21,24-25,31-32H,5,7,11-15,17H2,2H3,(H,37,38). The van der Waals surface area contributed by atoms with Crippen molar-refractivity contribution >= 4 is 34.1 Å². The van der Waals surface area contributed by atoms with Crippen molar-refractivity contribution in [2.24, 2.45) is 23.7 Å². The average Bonchev–Trinajstić information content (AvgIpc) is 3.75. The number of pyridine rings is 1. The van der Waals surface area contributed by atoms with Crippen LogP contribution in [0.1, 0.15) is 29.5 Å². The average molecular weight is 607 g/mol. The molecular weight excluding hydrogens is 572 g/mol. The molecule has 45 heavy (non-hydrogen) atoms. The zero-order valence-corrected chi connectivity index (χ0v) is 25.0. The van der Waals surface area contributed by atoms with E-state index in [0.717, 1.165) is 33.7 Å². The van der Waals surface area contributed by atoms with Crippen LogP contribution in [0.4, 0.5) is 11.4 Å². The quantitative estimate of drug-likeness (QED) is 0.122. The molecule has 3 aliphatic rings. The smallest absolute Gasteiger partial charge is 0.258 e. The number of carbonyl (C=O) groups excluding carboxylic acids is 2. The molecule has 3 aromatic rings. The minimum atomic E-state index is -0.275. The first-order chi connectivity index (χ1) is 22.0. The highest BCUT2D eigenvalue weighted by Crippen LogP contribution is 2.52. The number of allylic oxidation sites excluding steroid dienone is 2. The number of ether oxygens (including phenoxy) is 3. The summed E-state index contributed by atoms with van der Waals surface area (Å²) >= 11 is 0. The summed E-state index contributed by atoms with van der Waals surface area (Å²) in [5.41, 5.74) is 4.14. The van der Waals surface area contributed by atoms with E-state index in [-0.39, 0.29) is 48.7 Å². The molecule has 6 rings (SSSR count). The first kappa shape index (κ1) is 30.3. The lowest BCUT2D eigenvalue weighted by molar-refractivity contribution is -0.193. The Kier molecular flexibility index (Phi) is 9.08. The van der Waals surface area contributed by atoms with Crippen molar-refractivity contribution < 1.29 is 28.6 Å². The molecule has 2 fully saturated rings. The van der Waals surface area contributed by atoms with Crippen molar-refractivity contribution in [1.29, 1.82) is 5.26 Å². The molecule has 1 aromatic heterocycles. The zero-order chi connectivity index (χ0) is 31.3. The maximum atomic E-state index is 12.8. The van der Waals surface area contributed by atoms with Gasteiger partial charge in [-0.15, -0.1) is 6.42 Å². The summed E-state index contributed by atoms with van der Waals surface area (Å²) in [6.45, 7) is 1.59. The number of nitriles is 1. The second kappa shape index (κ2) is 13.5. The van der Waals surface area contributed by atoms with Crippen molar-refractivity contribution in [3.05, 3.63) is 71.4 Å². The van der Waals surface area contributed by atoms with Crippen LogP contribution in [-0.4, -0.2) is 62.0 Å². The number of benzene rings is 2. The number of rotatable bonds is 14. The molecule has 2 aromatic carbocycles. The minimum absolute atomic E-state index is 0.117. The summed E-state index contributed by atoms with van der Waals surface area (Å²) in [6, 6.07) is 13.5. The van der Waals surface area contributed by atoms with Gasteiger partial charge in [0.15, 0.2) is 0 Å². The SMILES string of the molecule is C#Cc1cccc(Nc2c(C#N)cnc3cc(CCCOCCON4C(=O)C5C6C=CC(C6)C5C4=O)c(OCCOC)cc23)c1. The molecule has 0 radical (unpaired) electrons. The Bertz CT molecular complexity index is 1690. The number of hydrogen-bond acceptors (Lipinski definition) is 9. The number of nitrogens with one attached hydrogen (secondary N) is 1. The molecule has 230 valence electrons. The number of methoxy groups -OCH3 is 1. The van der Waals surface area contributed by atoms with Crippen LogP contribution in [0.5, 0.6) is 5.75 Å². The molecule has 2 heterocycles. The lowest BCUT2D eigenvalue weighted by Crippen LogP contribution is -2.34. The van der Waals surface area contributed by atoms with E-state index in [0.29, 0.717) is 55.2 Å². The number of terminal acetylenes is 1. The van der Waals surface area contributed by atoms with Crippen LogP contribution in [-0.2, 0) is 30.3 Å². The van der Waals surface area contributed by atoms with Gasteiger partial charge in [0.1, 0.15) is 18.4 Å². The highest BCUT2D eigenvalue weighted by atomic mass is 16.7. The molecule has 4 atom stereocenters. The molecule has 0 spiro atoms. The van der Waals surface area contributed by atoms with E-state index in [1.165, 1.54) is 0 Å². The summed E-state index contributed by atoms with van der Waals surface area (Å²) in [4.78, 5) is 35.6. The summed E-state index contributed by atoms with van der Waals surface area (Å²) in [5.74, 6) is 2.59. The van der Waals surface area contributed by atoms with Gasteiger partial charge in [-0.3, -0.25) is 19.4 Å². The number of imide groups is 1. The van der Waals surface area contributed by atoms with Crippen LogP contribution in [0.25, 0.3) is 10.9 Å². The number of hydroxylamine groups is 2. The van der Waals surface area contributed by atoms with Gasteiger partial charge in [0.2, 0.25) is 0 Å². The van der Waals surface area contributed by atoms with Crippen LogP contribution in [0.3, 0.4) is 0 Å². The fourth-order valence-corrected chi connectivity index (χ4v) is 6.53. The van der Waals surface area contributed by atoms with Crippen molar-refractivity contribution in [3.8, 4) is 24.2 Å². The third-order valence-electron chi connectivity index (χ3n) is 8.63. The van der Waals surface area contributed by atoms with Crippen LogP contribution < -0.4 is 10.1 Å². The number of aryl methyl sites for hydroxylation is 1. The third-order valence-corrected chi connectivity index (χ3v) is 8.63. The van der Waals surface area contributed by atoms with E-state index < -0.39 is 0 Å². The van der Waals surface area contributed by atoms with Crippen molar-refractivity contribution in [1.82, 2.24) is 10.0 Å². The summed E-state index contributed by atoms with van der Waals surface area (Å²) in [6.07, 6.45) is 13.5. The van der Waals surface area contributed by atoms with Gasteiger partial charge in [-0.1, -0.05) is 24.1 Å². The number of anilines is 2. The van der Waals surface area contributed by atoms with Gasteiger partial charge >= 0.3 is 0 Å². The van der Waals surface area contributed by atoms with Gasteiger partial charge < -0.3 is 19.5 Å². The van der Waals surface area contributed by atoms with E-state index in [1.807, 2.05) is 36.4 Å². The van der Waals surface area contributed by atoms with Gasteiger partial charge in [0.25, 0.3) is 11.8 Å². The first-order valence-electron chi connectivity index (χ1n) is 15.1. The van der Waals surface area contributed by atoms with Crippen LogP contribution in [0.15, 0.2) is 54.7 Å².